The lowest BCUT2D eigenvalue weighted by Gasteiger charge is -2.26. The number of aliphatic hydroxyl groups excluding tert-OH is 1. The number of Topliss-reactive ketones (excluding diaryl/α,β-unsaturated/α-hetero) is 1. The predicted octanol–water partition coefficient (Wildman–Crippen LogP) is 4.38. The number of phenolic OH excluding ortho intramolecular Hbond substituents is 1. The van der Waals surface area contributed by atoms with E-state index in [9.17, 15) is 19.8 Å². The Morgan fingerprint density at radius 3 is 2.50 bits per heavy atom. The number of nitrogens with zero attached hydrogens (tertiary/aromatic N) is 2. The molecule has 1 unspecified atom stereocenters. The molecule has 1 aromatic heterocycles. The molecule has 2 N–H and O–H groups in total. The van der Waals surface area contributed by atoms with Crippen molar-refractivity contribution in [1.82, 2.24) is 4.98 Å². The minimum Gasteiger partial charge on any atom is -0.507 e. The number of phenols is 1. The Labute approximate surface area is 189 Å². The quantitative estimate of drug-likeness (QED) is 0.347. The average molecular weight is 451 g/mol. The predicted molar refractivity (Wildman–Crippen MR) is 120 cm³/mol. The summed E-state index contributed by atoms with van der Waals surface area (Å²) in [7, 11) is 1.42. The molecule has 0 radical (unpaired) electrons. The molecule has 1 fully saturated rings. The van der Waals surface area contributed by atoms with Crippen LogP contribution in [-0.4, -0.2) is 34.0 Å². The molecule has 0 bridgehead atoms. The number of aliphatic hydroxyl groups is 1. The van der Waals surface area contributed by atoms with Gasteiger partial charge in [-0.2, -0.15) is 0 Å². The highest BCUT2D eigenvalue weighted by Gasteiger charge is 2.48. The molecule has 2 heterocycles. The lowest BCUT2D eigenvalue weighted by molar-refractivity contribution is -0.132. The van der Waals surface area contributed by atoms with Gasteiger partial charge in [0.1, 0.15) is 17.3 Å². The van der Waals surface area contributed by atoms with Gasteiger partial charge in [0.25, 0.3) is 11.7 Å². The highest BCUT2D eigenvalue weighted by atomic mass is 35.5. The molecule has 1 saturated heterocycles. The van der Waals surface area contributed by atoms with Crippen LogP contribution in [0, 0.1) is 6.92 Å². The normalized spacial score (nSPS) is 17.6. The maximum atomic E-state index is 13.2. The van der Waals surface area contributed by atoms with E-state index < -0.39 is 23.5 Å². The molecular formula is C24H19ClN2O5. The Morgan fingerprint density at radius 2 is 1.81 bits per heavy atom. The number of amides is 1. The van der Waals surface area contributed by atoms with Crippen LogP contribution < -0.4 is 9.64 Å². The van der Waals surface area contributed by atoms with Crippen molar-refractivity contribution in [2.24, 2.45) is 0 Å². The second-order valence-electron chi connectivity index (χ2n) is 7.29. The van der Waals surface area contributed by atoms with Crippen LogP contribution in [-0.2, 0) is 9.59 Å². The van der Waals surface area contributed by atoms with E-state index >= 15 is 0 Å². The van der Waals surface area contributed by atoms with Gasteiger partial charge in [-0.3, -0.25) is 19.5 Å². The number of aryl methyl sites for hydroxylation is 1. The van der Waals surface area contributed by atoms with Crippen LogP contribution in [0.15, 0.2) is 66.5 Å². The number of halogens is 1. The summed E-state index contributed by atoms with van der Waals surface area (Å²) in [5.74, 6) is -2.09. The summed E-state index contributed by atoms with van der Waals surface area (Å²) in [5.41, 5.74) is 1.49. The fraction of sp³-hybridized carbons (Fsp3) is 0.125. The number of pyridine rings is 1. The van der Waals surface area contributed by atoms with E-state index in [1.807, 2.05) is 0 Å². The molecule has 0 spiro atoms. The van der Waals surface area contributed by atoms with Crippen molar-refractivity contribution in [2.45, 2.75) is 13.0 Å². The Balaban J connectivity index is 2.01. The Bertz CT molecular complexity index is 1260. The summed E-state index contributed by atoms with van der Waals surface area (Å²) in [4.78, 5) is 31.5. The maximum absolute atomic E-state index is 13.2. The summed E-state index contributed by atoms with van der Waals surface area (Å²) < 4.78 is 5.32. The fourth-order valence-electron chi connectivity index (χ4n) is 3.78. The van der Waals surface area contributed by atoms with Crippen LogP contribution in [0.4, 0.5) is 5.69 Å². The summed E-state index contributed by atoms with van der Waals surface area (Å²) >= 11 is 6.11. The number of carbonyl (C=O) groups is 2. The molecule has 8 heteroatoms. The molecule has 1 atom stereocenters. The second-order valence-corrected chi connectivity index (χ2v) is 7.72. The number of hydrogen-bond donors (Lipinski definition) is 2. The van der Waals surface area contributed by atoms with E-state index in [2.05, 4.69) is 4.98 Å². The molecule has 4 rings (SSSR count). The van der Waals surface area contributed by atoms with Crippen molar-refractivity contribution in [1.29, 1.82) is 0 Å². The van der Waals surface area contributed by atoms with Crippen molar-refractivity contribution >= 4 is 34.7 Å². The van der Waals surface area contributed by atoms with Gasteiger partial charge in [-0.05, 0) is 60.5 Å². The minimum absolute atomic E-state index is 0.150. The molecule has 162 valence electrons. The molecule has 7 nitrogen and oxygen atoms in total. The number of methoxy groups -OCH3 is 1. The third-order valence-corrected chi connectivity index (χ3v) is 5.51. The van der Waals surface area contributed by atoms with E-state index in [-0.39, 0.29) is 28.3 Å². The summed E-state index contributed by atoms with van der Waals surface area (Å²) in [5, 5.41) is 22.0. The summed E-state index contributed by atoms with van der Waals surface area (Å²) in [6.45, 7) is 1.80. The Hall–Kier alpha value is -3.84. The van der Waals surface area contributed by atoms with Crippen molar-refractivity contribution < 1.29 is 24.5 Å². The SMILES string of the molecule is COc1ccc(Cl)cc1/C(O)=C1\C(=O)C(=O)N(c2cc(C)ccc2O)C1c1ccncc1. The molecule has 1 aliphatic rings. The van der Waals surface area contributed by atoms with Crippen LogP contribution in [0.2, 0.25) is 5.02 Å². The summed E-state index contributed by atoms with van der Waals surface area (Å²) in [6.07, 6.45) is 3.04. The highest BCUT2D eigenvalue weighted by Crippen LogP contribution is 2.45. The van der Waals surface area contributed by atoms with Gasteiger partial charge in [0.15, 0.2) is 0 Å². The number of rotatable bonds is 4. The van der Waals surface area contributed by atoms with Gasteiger partial charge in [0, 0.05) is 17.4 Å². The Kier molecular flexibility index (Phi) is 5.59. The van der Waals surface area contributed by atoms with E-state index in [0.29, 0.717) is 10.6 Å². The van der Waals surface area contributed by atoms with Crippen molar-refractivity contribution in [3.8, 4) is 11.5 Å². The zero-order chi connectivity index (χ0) is 23.0. The first-order valence-corrected chi connectivity index (χ1v) is 10.1. The zero-order valence-electron chi connectivity index (χ0n) is 17.2. The standard InChI is InChI=1S/C24H19ClN2O5/c1-13-3-5-18(28)17(11-13)27-21(14-7-9-26-10-8-14)20(23(30)24(27)31)22(29)16-12-15(25)4-6-19(16)32-2/h3-12,21,28-29H,1-2H3/b22-20+. The number of hydrogen-bond acceptors (Lipinski definition) is 6. The zero-order valence-corrected chi connectivity index (χ0v) is 18.0. The van der Waals surface area contributed by atoms with Gasteiger partial charge in [0.2, 0.25) is 0 Å². The third kappa shape index (κ3) is 3.56. The highest BCUT2D eigenvalue weighted by molar-refractivity contribution is 6.52. The van der Waals surface area contributed by atoms with Gasteiger partial charge >= 0.3 is 0 Å². The van der Waals surface area contributed by atoms with Gasteiger partial charge in [0.05, 0.1) is 30.0 Å². The van der Waals surface area contributed by atoms with Crippen molar-refractivity contribution in [3.63, 3.8) is 0 Å². The second kappa shape index (κ2) is 8.36. The molecular weight excluding hydrogens is 432 g/mol. The molecule has 0 aliphatic carbocycles. The number of aromatic nitrogens is 1. The van der Waals surface area contributed by atoms with Gasteiger partial charge in [-0.25, -0.2) is 0 Å². The summed E-state index contributed by atoms with van der Waals surface area (Å²) in [6, 6.07) is 11.6. The van der Waals surface area contributed by atoms with Gasteiger partial charge in [-0.15, -0.1) is 0 Å². The molecule has 3 aromatic rings. The topological polar surface area (TPSA) is 100.0 Å². The first-order valence-electron chi connectivity index (χ1n) is 9.68. The maximum Gasteiger partial charge on any atom is 0.300 e. The van der Waals surface area contributed by atoms with Crippen LogP contribution in [0.25, 0.3) is 5.76 Å². The molecule has 1 aliphatic heterocycles. The first kappa shape index (κ1) is 21.4. The molecule has 32 heavy (non-hydrogen) atoms. The number of ketones is 1. The smallest absolute Gasteiger partial charge is 0.300 e. The van der Waals surface area contributed by atoms with Crippen molar-refractivity contribution in [3.05, 3.63) is 88.2 Å². The minimum atomic E-state index is -1.01. The first-order chi connectivity index (χ1) is 15.3. The van der Waals surface area contributed by atoms with E-state index in [0.717, 1.165) is 5.56 Å². The number of ether oxygens (including phenoxy) is 1. The van der Waals surface area contributed by atoms with Crippen LogP contribution in [0.1, 0.15) is 22.7 Å². The third-order valence-electron chi connectivity index (χ3n) is 5.27. The molecule has 2 aromatic carbocycles. The van der Waals surface area contributed by atoms with E-state index in [1.54, 1.807) is 43.3 Å². The van der Waals surface area contributed by atoms with Crippen LogP contribution >= 0.6 is 11.6 Å². The Morgan fingerprint density at radius 1 is 1.09 bits per heavy atom. The number of anilines is 1. The van der Waals surface area contributed by atoms with Crippen LogP contribution in [0.3, 0.4) is 0 Å². The fourth-order valence-corrected chi connectivity index (χ4v) is 3.95. The van der Waals surface area contributed by atoms with Gasteiger partial charge < -0.3 is 14.9 Å². The van der Waals surface area contributed by atoms with Gasteiger partial charge in [-0.1, -0.05) is 17.7 Å². The molecule has 0 saturated carbocycles. The molecule has 1 amide bonds. The van der Waals surface area contributed by atoms with E-state index in [1.165, 1.54) is 36.5 Å². The monoisotopic (exact) mass is 450 g/mol. The lowest BCUT2D eigenvalue weighted by atomic mass is 9.95. The number of benzene rings is 2. The van der Waals surface area contributed by atoms with Crippen LogP contribution in [0.5, 0.6) is 11.5 Å². The number of aromatic hydroxyl groups is 1. The lowest BCUT2D eigenvalue weighted by Crippen LogP contribution is -2.29. The number of carbonyl (C=O) groups excluding carboxylic acids is 2. The van der Waals surface area contributed by atoms with E-state index in [4.69, 9.17) is 16.3 Å². The largest absolute Gasteiger partial charge is 0.507 e. The van der Waals surface area contributed by atoms with Crippen molar-refractivity contribution in [2.75, 3.05) is 12.0 Å². The average Bonchev–Trinajstić information content (AvgIpc) is 3.06.